The first-order valence-corrected chi connectivity index (χ1v) is 9.90. The molecule has 1 aliphatic heterocycles. The second kappa shape index (κ2) is 12.0. The lowest BCUT2D eigenvalue weighted by Crippen LogP contribution is -2.03. The SMILES string of the molecule is C=C/C=C1/SC(/C=C\C)=C(C(=C\C)/C(=C/C(=O)C=C)OC=C)S/C1=C/C=C. The van der Waals surface area contributed by atoms with Crippen LogP contribution in [0.15, 0.2) is 118 Å². The highest BCUT2D eigenvalue weighted by molar-refractivity contribution is 8.15. The smallest absolute Gasteiger partial charge is 0.181 e. The fourth-order valence-corrected chi connectivity index (χ4v) is 4.69. The van der Waals surface area contributed by atoms with Crippen molar-refractivity contribution in [1.29, 1.82) is 0 Å². The molecule has 0 spiro atoms. The van der Waals surface area contributed by atoms with Crippen LogP contribution in [0, 0.1) is 0 Å². The number of hydrogen-bond acceptors (Lipinski definition) is 4. The van der Waals surface area contributed by atoms with E-state index in [4.69, 9.17) is 4.74 Å². The summed E-state index contributed by atoms with van der Waals surface area (Å²) in [5.41, 5.74) is 0.809. The molecule has 4 heteroatoms. The van der Waals surface area contributed by atoms with Crippen molar-refractivity contribution in [2.24, 2.45) is 0 Å². The Labute approximate surface area is 170 Å². The average Bonchev–Trinajstić information content (AvgIpc) is 2.65. The van der Waals surface area contributed by atoms with E-state index in [9.17, 15) is 4.79 Å². The Bertz CT molecular complexity index is 815. The third-order valence-corrected chi connectivity index (χ3v) is 5.85. The molecule has 0 saturated heterocycles. The molecule has 0 amide bonds. The van der Waals surface area contributed by atoms with Crippen LogP contribution >= 0.6 is 23.5 Å². The summed E-state index contributed by atoms with van der Waals surface area (Å²) in [5, 5.41) is 0. The van der Waals surface area contributed by atoms with Gasteiger partial charge in [0.15, 0.2) is 5.78 Å². The summed E-state index contributed by atoms with van der Waals surface area (Å²) in [4.78, 5) is 16.1. The maximum absolute atomic E-state index is 11.9. The highest BCUT2D eigenvalue weighted by atomic mass is 32.2. The molecule has 0 saturated carbocycles. The molecule has 0 fully saturated rings. The van der Waals surface area contributed by atoms with Crippen LogP contribution in [0.4, 0.5) is 0 Å². The minimum absolute atomic E-state index is 0.234. The van der Waals surface area contributed by atoms with E-state index in [0.717, 1.165) is 25.2 Å². The molecule has 1 rings (SSSR count). The minimum Gasteiger partial charge on any atom is -0.465 e. The van der Waals surface area contributed by atoms with E-state index >= 15 is 0 Å². The highest BCUT2D eigenvalue weighted by Gasteiger charge is 2.25. The summed E-state index contributed by atoms with van der Waals surface area (Å²) in [7, 11) is 0. The Hall–Kier alpha value is -2.43. The standard InChI is InChI=1S/C23H24O2S2/c1-7-13-20-21(14-8-2)27-23(22(26-20)15-9-3)18(11-5)19(25-12-6)16-17(24)10-4/h7-16H,1-2,4,6H2,3,5H3/b15-9-,18-11-,19-16-,20-13+,21-14+. The second-order valence-corrected chi connectivity index (χ2v) is 7.17. The molecule has 0 aromatic rings. The topological polar surface area (TPSA) is 26.3 Å². The maximum Gasteiger partial charge on any atom is 0.181 e. The van der Waals surface area contributed by atoms with E-state index in [-0.39, 0.29) is 5.78 Å². The fraction of sp³-hybridized carbons (Fsp3) is 0.0870. The molecule has 0 N–H and O–H groups in total. The number of carbonyl (C=O) groups is 1. The van der Waals surface area contributed by atoms with Crippen LogP contribution in [0.25, 0.3) is 0 Å². The minimum atomic E-state index is -0.234. The largest absolute Gasteiger partial charge is 0.465 e. The zero-order chi connectivity index (χ0) is 20.2. The van der Waals surface area contributed by atoms with Crippen LogP contribution in [-0.2, 0) is 9.53 Å². The lowest BCUT2D eigenvalue weighted by Gasteiger charge is -2.24. The summed E-state index contributed by atoms with van der Waals surface area (Å²) < 4.78 is 5.55. The molecule has 0 bridgehead atoms. The van der Waals surface area contributed by atoms with Crippen molar-refractivity contribution in [3.8, 4) is 0 Å². The van der Waals surface area contributed by atoms with E-state index in [2.05, 4.69) is 26.3 Å². The molecule has 2 nitrogen and oxygen atoms in total. The predicted octanol–water partition coefficient (Wildman–Crippen LogP) is 7.14. The molecule has 0 aliphatic carbocycles. The van der Waals surface area contributed by atoms with E-state index in [1.54, 1.807) is 35.7 Å². The van der Waals surface area contributed by atoms with Gasteiger partial charge < -0.3 is 4.74 Å². The first-order valence-electron chi connectivity index (χ1n) is 8.27. The summed E-state index contributed by atoms with van der Waals surface area (Å²) in [6, 6.07) is 0. The average molecular weight is 397 g/mol. The Morgan fingerprint density at radius 1 is 1.00 bits per heavy atom. The van der Waals surface area contributed by atoms with Gasteiger partial charge in [-0.15, -0.1) is 0 Å². The van der Waals surface area contributed by atoms with Crippen LogP contribution < -0.4 is 0 Å². The van der Waals surface area contributed by atoms with Gasteiger partial charge in [-0.2, -0.15) is 0 Å². The van der Waals surface area contributed by atoms with Gasteiger partial charge in [0.1, 0.15) is 5.76 Å². The zero-order valence-electron chi connectivity index (χ0n) is 15.7. The quantitative estimate of drug-likeness (QED) is 0.235. The molecule has 1 aliphatic rings. The van der Waals surface area contributed by atoms with Gasteiger partial charge in [0.25, 0.3) is 0 Å². The first kappa shape index (κ1) is 22.6. The third kappa shape index (κ3) is 6.35. The normalized spacial score (nSPS) is 18.7. The third-order valence-electron chi connectivity index (χ3n) is 3.24. The lowest BCUT2D eigenvalue weighted by molar-refractivity contribution is -0.110. The van der Waals surface area contributed by atoms with E-state index in [1.165, 1.54) is 18.4 Å². The lowest BCUT2D eigenvalue weighted by atomic mass is 10.1. The molecular weight excluding hydrogens is 372 g/mol. The van der Waals surface area contributed by atoms with Crippen molar-refractivity contribution in [2.75, 3.05) is 0 Å². The molecular formula is C23H24O2S2. The van der Waals surface area contributed by atoms with Gasteiger partial charge in [-0.05, 0) is 32.1 Å². The summed E-state index contributed by atoms with van der Waals surface area (Å²) in [5.74, 6) is 0.193. The summed E-state index contributed by atoms with van der Waals surface area (Å²) in [6.45, 7) is 18.6. The van der Waals surface area contributed by atoms with Gasteiger partial charge in [-0.1, -0.05) is 80.2 Å². The molecule has 0 unspecified atom stereocenters. The number of ether oxygens (including phenoxy) is 1. The monoisotopic (exact) mass is 396 g/mol. The molecule has 0 atom stereocenters. The van der Waals surface area contributed by atoms with Crippen LogP contribution in [0.3, 0.4) is 0 Å². The summed E-state index contributed by atoms with van der Waals surface area (Å²) in [6.07, 6.45) is 17.4. The van der Waals surface area contributed by atoms with Crippen molar-refractivity contribution in [3.63, 3.8) is 0 Å². The van der Waals surface area contributed by atoms with Gasteiger partial charge in [0, 0.05) is 31.3 Å². The van der Waals surface area contributed by atoms with Crippen LogP contribution in [0.5, 0.6) is 0 Å². The van der Waals surface area contributed by atoms with Gasteiger partial charge >= 0.3 is 0 Å². The Morgan fingerprint density at radius 3 is 2.11 bits per heavy atom. The number of hydrogen-bond donors (Lipinski definition) is 0. The zero-order valence-corrected chi connectivity index (χ0v) is 17.4. The highest BCUT2D eigenvalue weighted by Crippen LogP contribution is 2.52. The maximum atomic E-state index is 11.9. The number of allylic oxidation sites excluding steroid dienone is 10. The van der Waals surface area contributed by atoms with Crippen molar-refractivity contribution in [1.82, 2.24) is 0 Å². The van der Waals surface area contributed by atoms with Gasteiger partial charge in [-0.25, -0.2) is 0 Å². The summed E-state index contributed by atoms with van der Waals surface area (Å²) >= 11 is 3.23. The molecule has 1 heterocycles. The molecule has 140 valence electrons. The van der Waals surface area contributed by atoms with E-state index in [0.29, 0.717) is 5.76 Å². The Morgan fingerprint density at radius 2 is 1.63 bits per heavy atom. The fourth-order valence-electron chi connectivity index (χ4n) is 2.16. The molecule has 0 aromatic heterocycles. The van der Waals surface area contributed by atoms with Crippen LogP contribution in [-0.4, -0.2) is 5.78 Å². The number of ketones is 1. The first-order chi connectivity index (χ1) is 13.1. The Kier molecular flexibility index (Phi) is 10.1. The van der Waals surface area contributed by atoms with Gasteiger partial charge in [0.05, 0.1) is 6.26 Å². The Balaban J connectivity index is 3.64. The van der Waals surface area contributed by atoms with E-state index < -0.39 is 0 Å². The van der Waals surface area contributed by atoms with Crippen molar-refractivity contribution in [3.05, 3.63) is 118 Å². The molecule has 0 radical (unpaired) electrons. The van der Waals surface area contributed by atoms with Crippen LogP contribution in [0.1, 0.15) is 13.8 Å². The van der Waals surface area contributed by atoms with Crippen molar-refractivity contribution < 1.29 is 9.53 Å². The van der Waals surface area contributed by atoms with Crippen molar-refractivity contribution >= 4 is 29.3 Å². The van der Waals surface area contributed by atoms with Gasteiger partial charge in [-0.3, -0.25) is 4.79 Å². The second-order valence-electron chi connectivity index (χ2n) is 5.03. The van der Waals surface area contributed by atoms with Crippen molar-refractivity contribution in [2.45, 2.75) is 13.8 Å². The van der Waals surface area contributed by atoms with Gasteiger partial charge in [0.2, 0.25) is 0 Å². The van der Waals surface area contributed by atoms with Crippen LogP contribution in [0.2, 0.25) is 0 Å². The molecule has 0 aromatic carbocycles. The predicted molar refractivity (Wildman–Crippen MR) is 122 cm³/mol. The van der Waals surface area contributed by atoms with E-state index in [1.807, 2.05) is 44.2 Å². The number of rotatable bonds is 9. The number of thioether (sulfide) groups is 2. The molecule has 27 heavy (non-hydrogen) atoms. The number of carbonyl (C=O) groups excluding carboxylic acids is 1.